The summed E-state index contributed by atoms with van der Waals surface area (Å²) in [6, 6.07) is 7.53. The van der Waals surface area contributed by atoms with Crippen molar-refractivity contribution < 1.29 is 27.4 Å². The van der Waals surface area contributed by atoms with Crippen molar-refractivity contribution in [3.63, 3.8) is 0 Å². The number of aromatic amines is 1. The topological polar surface area (TPSA) is 61.4 Å². The third-order valence-electron chi connectivity index (χ3n) is 6.96. The van der Waals surface area contributed by atoms with Gasteiger partial charge in [0.25, 0.3) is 0 Å². The Morgan fingerprint density at radius 3 is 2.42 bits per heavy atom. The maximum Gasteiger partial charge on any atom is 0.417 e. The number of anilines is 1. The first-order chi connectivity index (χ1) is 16.7. The Bertz CT molecular complexity index is 1230. The Labute approximate surface area is 208 Å². The van der Waals surface area contributed by atoms with E-state index in [2.05, 4.69) is 14.9 Å². The van der Waals surface area contributed by atoms with Crippen LogP contribution in [0.4, 0.5) is 23.4 Å². The highest BCUT2D eigenvalue weighted by Gasteiger charge is 2.56. The van der Waals surface area contributed by atoms with Crippen LogP contribution in [0.25, 0.3) is 10.9 Å². The molecule has 0 aliphatic carbocycles. The predicted octanol–water partition coefficient (Wildman–Crippen LogP) is 5.83. The van der Waals surface area contributed by atoms with Crippen molar-refractivity contribution >= 4 is 16.7 Å². The number of aliphatic hydroxyl groups is 1. The highest BCUT2D eigenvalue weighted by molar-refractivity contribution is 5.82. The van der Waals surface area contributed by atoms with Crippen molar-refractivity contribution in [1.82, 2.24) is 9.97 Å². The Morgan fingerprint density at radius 1 is 1.11 bits per heavy atom. The van der Waals surface area contributed by atoms with Gasteiger partial charge in [0.05, 0.1) is 23.9 Å². The quantitative estimate of drug-likeness (QED) is 0.413. The van der Waals surface area contributed by atoms with Crippen LogP contribution in [0.1, 0.15) is 50.9 Å². The summed E-state index contributed by atoms with van der Waals surface area (Å²) >= 11 is 0. The number of pyridine rings is 1. The van der Waals surface area contributed by atoms with E-state index in [0.717, 1.165) is 5.82 Å². The Kier molecular flexibility index (Phi) is 6.85. The lowest BCUT2D eigenvalue weighted by atomic mass is 9.72. The van der Waals surface area contributed by atoms with Crippen LogP contribution in [0.5, 0.6) is 0 Å². The zero-order chi connectivity index (χ0) is 26.5. The summed E-state index contributed by atoms with van der Waals surface area (Å²) in [5.74, 6) is 0.200. The van der Waals surface area contributed by atoms with Crippen LogP contribution < -0.4 is 4.90 Å². The number of rotatable bonds is 6. The SMILES string of the molecule is Cc1ccc(F)cc1C(C)(C)CC(O)(Cc1cc2cc(N3CC(C)OC(C)C3)ncc2[nH]1)C(F)(F)F. The Morgan fingerprint density at radius 2 is 1.78 bits per heavy atom. The zero-order valence-electron chi connectivity index (χ0n) is 21.2. The van der Waals surface area contributed by atoms with Crippen LogP contribution in [0.15, 0.2) is 36.5 Å². The lowest BCUT2D eigenvalue weighted by Gasteiger charge is -2.38. The third kappa shape index (κ3) is 5.37. The molecule has 1 aliphatic rings. The maximum atomic E-state index is 14.3. The predicted molar refractivity (Wildman–Crippen MR) is 132 cm³/mol. The van der Waals surface area contributed by atoms with E-state index in [1.54, 1.807) is 33.0 Å². The van der Waals surface area contributed by atoms with E-state index < -0.39 is 35.9 Å². The number of ether oxygens (including phenoxy) is 1. The first-order valence-corrected chi connectivity index (χ1v) is 12.1. The molecule has 1 fully saturated rings. The lowest BCUT2D eigenvalue weighted by Crippen LogP contribution is -2.51. The summed E-state index contributed by atoms with van der Waals surface area (Å²) in [5.41, 5.74) is -2.22. The second-order valence-corrected chi connectivity index (χ2v) is 10.8. The molecule has 0 bridgehead atoms. The van der Waals surface area contributed by atoms with Crippen molar-refractivity contribution in [2.75, 3.05) is 18.0 Å². The van der Waals surface area contributed by atoms with Crippen LogP contribution in [0, 0.1) is 12.7 Å². The van der Waals surface area contributed by atoms with E-state index in [9.17, 15) is 22.7 Å². The molecule has 0 radical (unpaired) electrons. The van der Waals surface area contributed by atoms with E-state index in [4.69, 9.17) is 4.74 Å². The number of hydrogen-bond acceptors (Lipinski definition) is 4. The minimum Gasteiger partial charge on any atom is -0.380 e. The number of H-pyrrole nitrogens is 1. The highest BCUT2D eigenvalue weighted by atomic mass is 19.4. The largest absolute Gasteiger partial charge is 0.417 e. The van der Waals surface area contributed by atoms with Crippen molar-refractivity contribution in [3.05, 3.63) is 59.2 Å². The van der Waals surface area contributed by atoms with Crippen LogP contribution in [0.3, 0.4) is 0 Å². The van der Waals surface area contributed by atoms with Gasteiger partial charge in [-0.2, -0.15) is 13.2 Å². The van der Waals surface area contributed by atoms with Crippen LogP contribution >= 0.6 is 0 Å². The molecule has 1 aliphatic heterocycles. The van der Waals surface area contributed by atoms with Gasteiger partial charge in [-0.3, -0.25) is 0 Å². The third-order valence-corrected chi connectivity index (χ3v) is 6.96. The number of hydrogen-bond donors (Lipinski definition) is 2. The van der Waals surface area contributed by atoms with Gasteiger partial charge < -0.3 is 19.7 Å². The molecule has 0 saturated carbocycles. The Hall–Kier alpha value is -2.65. The fraction of sp³-hybridized carbons (Fsp3) is 0.519. The summed E-state index contributed by atoms with van der Waals surface area (Å²) in [6.07, 6.45) is -4.50. The summed E-state index contributed by atoms with van der Waals surface area (Å²) in [6.45, 7) is 10.2. The van der Waals surface area contributed by atoms with E-state index in [0.29, 0.717) is 35.1 Å². The summed E-state index contributed by atoms with van der Waals surface area (Å²) in [5, 5.41) is 11.7. The van der Waals surface area contributed by atoms with Gasteiger partial charge in [-0.15, -0.1) is 0 Å². The second-order valence-electron chi connectivity index (χ2n) is 10.8. The van der Waals surface area contributed by atoms with Crippen molar-refractivity contribution in [2.24, 2.45) is 0 Å². The number of benzene rings is 1. The smallest absolute Gasteiger partial charge is 0.380 e. The molecular weight excluding hydrogens is 474 g/mol. The molecule has 2 N–H and O–H groups in total. The molecule has 3 atom stereocenters. The standard InChI is InChI=1S/C27H33F4N3O2/c1-16-6-7-20(28)10-22(16)25(4,5)15-26(35,27(29,30)31)11-21-8-19-9-24(32-12-23(19)33-21)34-13-17(2)36-18(3)14-34/h6-10,12,17-18,33,35H,11,13-15H2,1-5H3. The molecule has 0 amide bonds. The zero-order valence-corrected chi connectivity index (χ0v) is 21.2. The van der Waals surface area contributed by atoms with Gasteiger partial charge in [0.2, 0.25) is 0 Å². The molecule has 4 rings (SSSR count). The molecule has 1 saturated heterocycles. The van der Waals surface area contributed by atoms with Gasteiger partial charge in [0.15, 0.2) is 5.60 Å². The molecule has 36 heavy (non-hydrogen) atoms. The van der Waals surface area contributed by atoms with Crippen LogP contribution in [-0.2, 0) is 16.6 Å². The summed E-state index contributed by atoms with van der Waals surface area (Å²) < 4.78 is 62.5. The maximum absolute atomic E-state index is 14.3. The van der Waals surface area contributed by atoms with E-state index >= 15 is 0 Å². The lowest BCUT2D eigenvalue weighted by molar-refractivity contribution is -0.266. The van der Waals surface area contributed by atoms with E-state index in [1.165, 1.54) is 18.2 Å². The first kappa shape index (κ1) is 26.4. The average molecular weight is 508 g/mol. The van der Waals surface area contributed by atoms with Gasteiger partial charge in [-0.05, 0) is 68.0 Å². The molecule has 3 unspecified atom stereocenters. The minimum absolute atomic E-state index is 0.0416. The first-order valence-electron chi connectivity index (χ1n) is 12.1. The monoisotopic (exact) mass is 507 g/mol. The molecule has 3 heterocycles. The number of aryl methyl sites for hydroxylation is 1. The van der Waals surface area contributed by atoms with Gasteiger partial charge in [0.1, 0.15) is 11.6 Å². The van der Waals surface area contributed by atoms with Gasteiger partial charge >= 0.3 is 6.18 Å². The molecule has 0 spiro atoms. The van der Waals surface area contributed by atoms with Crippen molar-refractivity contribution in [1.29, 1.82) is 0 Å². The average Bonchev–Trinajstić information content (AvgIpc) is 3.14. The number of morpholine rings is 1. The normalized spacial score (nSPS) is 21.1. The minimum atomic E-state index is -4.90. The molecular formula is C27H33F4N3O2. The number of nitrogens with zero attached hydrogens (tertiary/aromatic N) is 2. The number of aromatic nitrogens is 2. The summed E-state index contributed by atoms with van der Waals surface area (Å²) in [4.78, 5) is 9.58. The molecule has 3 aromatic rings. The van der Waals surface area contributed by atoms with Crippen molar-refractivity contribution in [3.8, 4) is 0 Å². The van der Waals surface area contributed by atoms with Gasteiger partial charge in [-0.25, -0.2) is 9.37 Å². The molecule has 9 heteroatoms. The van der Waals surface area contributed by atoms with Crippen LogP contribution in [-0.4, -0.2) is 52.1 Å². The van der Waals surface area contributed by atoms with Crippen LogP contribution in [0.2, 0.25) is 0 Å². The summed E-state index contributed by atoms with van der Waals surface area (Å²) in [7, 11) is 0. The highest BCUT2D eigenvalue weighted by Crippen LogP contribution is 2.44. The second kappa shape index (κ2) is 9.34. The fourth-order valence-electron chi connectivity index (χ4n) is 5.44. The van der Waals surface area contributed by atoms with Gasteiger partial charge in [0, 0.05) is 30.6 Å². The van der Waals surface area contributed by atoms with E-state index in [1.807, 2.05) is 19.9 Å². The molecule has 5 nitrogen and oxygen atoms in total. The van der Waals surface area contributed by atoms with Crippen molar-refractivity contribution in [2.45, 2.75) is 76.9 Å². The number of nitrogens with one attached hydrogen (secondary N) is 1. The van der Waals surface area contributed by atoms with Gasteiger partial charge in [-0.1, -0.05) is 19.9 Å². The Balaban J connectivity index is 1.63. The molecule has 1 aromatic carbocycles. The molecule has 196 valence electrons. The fourth-order valence-corrected chi connectivity index (χ4v) is 5.44. The van der Waals surface area contributed by atoms with E-state index in [-0.39, 0.29) is 17.9 Å². The molecule has 2 aromatic heterocycles. The number of halogens is 4. The number of alkyl halides is 3. The number of fused-ring (bicyclic) bond motifs is 1.